The molecular weight excluding hydrogens is 204 g/mol. The van der Waals surface area contributed by atoms with E-state index in [4.69, 9.17) is 4.74 Å². The lowest BCUT2D eigenvalue weighted by molar-refractivity contribution is 0.0974. The number of ether oxygens (including phenoxy) is 1. The monoisotopic (exact) mass is 222 g/mol. The molecular formula is C12H18N2O2. The maximum Gasteiger partial charge on any atom is 0.198 e. The van der Waals surface area contributed by atoms with Crippen molar-refractivity contribution < 1.29 is 9.53 Å². The van der Waals surface area contributed by atoms with Crippen LogP contribution in [0.15, 0.2) is 18.3 Å². The van der Waals surface area contributed by atoms with E-state index < -0.39 is 0 Å². The van der Waals surface area contributed by atoms with Gasteiger partial charge in [0.2, 0.25) is 0 Å². The Hall–Kier alpha value is -1.42. The zero-order valence-corrected chi connectivity index (χ0v) is 10.2. The minimum absolute atomic E-state index is 0.0626. The Morgan fingerprint density at radius 3 is 2.75 bits per heavy atom. The van der Waals surface area contributed by atoms with Crippen molar-refractivity contribution in [2.75, 3.05) is 13.7 Å². The molecule has 16 heavy (non-hydrogen) atoms. The predicted molar refractivity (Wildman–Crippen MR) is 62.9 cm³/mol. The molecule has 0 spiro atoms. The average molecular weight is 222 g/mol. The zero-order chi connectivity index (χ0) is 12.2. The molecule has 1 N–H and O–H groups in total. The minimum Gasteiger partial charge on any atom is -0.494 e. The Balaban J connectivity index is 2.73. The summed E-state index contributed by atoms with van der Waals surface area (Å²) in [5.74, 6) is 0.454. The second kappa shape index (κ2) is 5.07. The van der Waals surface area contributed by atoms with Crippen LogP contribution < -0.4 is 10.1 Å². The highest BCUT2D eigenvalue weighted by Gasteiger charge is 2.16. The largest absolute Gasteiger partial charge is 0.494 e. The quantitative estimate of drug-likeness (QED) is 0.787. The summed E-state index contributed by atoms with van der Waals surface area (Å²) >= 11 is 0. The Bertz CT molecular complexity index is 370. The molecule has 0 aromatic carbocycles. The minimum atomic E-state index is -0.0856. The molecule has 1 aromatic rings. The first kappa shape index (κ1) is 12.6. The molecule has 88 valence electrons. The van der Waals surface area contributed by atoms with E-state index in [1.165, 1.54) is 7.11 Å². The van der Waals surface area contributed by atoms with Gasteiger partial charge >= 0.3 is 0 Å². The normalized spacial score (nSPS) is 11.2. The zero-order valence-electron chi connectivity index (χ0n) is 10.2. The van der Waals surface area contributed by atoms with Crippen LogP contribution in [0.4, 0.5) is 0 Å². The van der Waals surface area contributed by atoms with Crippen molar-refractivity contribution in [2.45, 2.75) is 26.3 Å². The van der Waals surface area contributed by atoms with Crippen molar-refractivity contribution in [2.24, 2.45) is 0 Å². The molecule has 1 heterocycles. The number of hydrogen-bond donors (Lipinski definition) is 1. The predicted octanol–water partition coefficient (Wildman–Crippen LogP) is 1.66. The summed E-state index contributed by atoms with van der Waals surface area (Å²) in [7, 11) is 1.53. The summed E-state index contributed by atoms with van der Waals surface area (Å²) in [4.78, 5) is 15.9. The van der Waals surface area contributed by atoms with Crippen LogP contribution in [-0.2, 0) is 0 Å². The third-order valence-electron chi connectivity index (χ3n) is 2.03. The Morgan fingerprint density at radius 1 is 1.50 bits per heavy atom. The molecule has 0 aliphatic rings. The summed E-state index contributed by atoms with van der Waals surface area (Å²) in [5.41, 5.74) is 0.291. The van der Waals surface area contributed by atoms with Gasteiger partial charge in [-0.1, -0.05) is 0 Å². The summed E-state index contributed by atoms with van der Waals surface area (Å²) in [6.07, 6.45) is 1.59. The number of carbonyl (C=O) groups is 1. The van der Waals surface area contributed by atoms with Crippen molar-refractivity contribution in [3.63, 3.8) is 0 Å². The lowest BCUT2D eigenvalue weighted by Gasteiger charge is -2.19. The van der Waals surface area contributed by atoms with Gasteiger partial charge < -0.3 is 10.1 Å². The van der Waals surface area contributed by atoms with Crippen molar-refractivity contribution >= 4 is 5.78 Å². The highest BCUT2D eigenvalue weighted by atomic mass is 16.5. The molecule has 0 radical (unpaired) electrons. The van der Waals surface area contributed by atoms with Crippen LogP contribution in [0.25, 0.3) is 0 Å². The first-order valence-electron chi connectivity index (χ1n) is 5.21. The maximum absolute atomic E-state index is 11.9. The third-order valence-corrected chi connectivity index (χ3v) is 2.03. The van der Waals surface area contributed by atoms with Gasteiger partial charge in [-0.15, -0.1) is 0 Å². The Labute approximate surface area is 96.0 Å². The number of methoxy groups -OCH3 is 1. The van der Waals surface area contributed by atoms with E-state index >= 15 is 0 Å². The Kier molecular flexibility index (Phi) is 4.01. The fraction of sp³-hybridized carbons (Fsp3) is 0.500. The molecule has 0 fully saturated rings. The number of Topliss-reactive ketones (excluding diaryl/α,β-unsaturated/α-hetero) is 1. The molecule has 4 nitrogen and oxygen atoms in total. The van der Waals surface area contributed by atoms with Crippen molar-refractivity contribution in [3.05, 3.63) is 24.0 Å². The summed E-state index contributed by atoms with van der Waals surface area (Å²) in [5, 5.41) is 3.13. The van der Waals surface area contributed by atoms with Crippen molar-refractivity contribution in [3.8, 4) is 5.75 Å². The first-order chi connectivity index (χ1) is 7.44. The van der Waals surface area contributed by atoms with Crippen LogP contribution in [0.5, 0.6) is 5.75 Å². The standard InChI is InChI=1S/C12H18N2O2/c1-12(2,3)14-8-9(15)11-10(16-4)6-5-7-13-11/h5-7,14H,8H2,1-4H3. The molecule has 0 aliphatic heterocycles. The van der Waals surface area contributed by atoms with E-state index in [0.29, 0.717) is 11.4 Å². The third kappa shape index (κ3) is 3.62. The highest BCUT2D eigenvalue weighted by molar-refractivity contribution is 5.98. The van der Waals surface area contributed by atoms with Gasteiger partial charge in [0.1, 0.15) is 11.4 Å². The van der Waals surface area contributed by atoms with Gasteiger partial charge in [0.05, 0.1) is 13.7 Å². The van der Waals surface area contributed by atoms with Gasteiger partial charge in [-0.25, -0.2) is 4.98 Å². The number of nitrogens with zero attached hydrogens (tertiary/aromatic N) is 1. The fourth-order valence-electron chi connectivity index (χ4n) is 1.19. The number of pyridine rings is 1. The topological polar surface area (TPSA) is 51.2 Å². The highest BCUT2D eigenvalue weighted by Crippen LogP contribution is 2.14. The van der Waals surface area contributed by atoms with Gasteiger partial charge in [-0.2, -0.15) is 0 Å². The van der Waals surface area contributed by atoms with E-state index in [1.54, 1.807) is 18.3 Å². The molecule has 1 aromatic heterocycles. The Morgan fingerprint density at radius 2 is 2.19 bits per heavy atom. The van der Waals surface area contributed by atoms with Crippen LogP contribution in [-0.4, -0.2) is 30.0 Å². The van der Waals surface area contributed by atoms with Gasteiger partial charge in [0.15, 0.2) is 5.78 Å². The molecule has 0 saturated heterocycles. The van der Waals surface area contributed by atoms with Crippen LogP contribution in [0.2, 0.25) is 0 Å². The van der Waals surface area contributed by atoms with Gasteiger partial charge in [0.25, 0.3) is 0 Å². The lowest BCUT2D eigenvalue weighted by atomic mass is 10.1. The number of carbonyl (C=O) groups excluding carboxylic acids is 1. The van der Waals surface area contributed by atoms with Crippen LogP contribution in [0, 0.1) is 0 Å². The molecule has 0 atom stereocenters. The maximum atomic E-state index is 11.9. The lowest BCUT2D eigenvalue weighted by Crippen LogP contribution is -2.39. The number of ketones is 1. The van der Waals surface area contributed by atoms with Crippen LogP contribution >= 0.6 is 0 Å². The van der Waals surface area contributed by atoms with Gasteiger partial charge in [0, 0.05) is 11.7 Å². The van der Waals surface area contributed by atoms with Gasteiger partial charge in [-0.05, 0) is 32.9 Å². The molecule has 4 heteroatoms. The molecule has 0 unspecified atom stereocenters. The summed E-state index contributed by atoms with van der Waals surface area (Å²) < 4.78 is 5.09. The molecule has 0 amide bonds. The second-order valence-electron chi connectivity index (χ2n) is 4.58. The van der Waals surface area contributed by atoms with Crippen molar-refractivity contribution in [1.29, 1.82) is 0 Å². The number of nitrogens with one attached hydrogen (secondary N) is 1. The first-order valence-corrected chi connectivity index (χ1v) is 5.21. The van der Waals surface area contributed by atoms with Crippen LogP contribution in [0.1, 0.15) is 31.3 Å². The van der Waals surface area contributed by atoms with E-state index in [9.17, 15) is 4.79 Å². The summed E-state index contributed by atoms with van der Waals surface area (Å²) in [6, 6.07) is 3.48. The van der Waals surface area contributed by atoms with Crippen molar-refractivity contribution in [1.82, 2.24) is 10.3 Å². The molecule has 0 bridgehead atoms. The SMILES string of the molecule is COc1cccnc1C(=O)CNC(C)(C)C. The van der Waals surface area contributed by atoms with E-state index in [1.807, 2.05) is 20.8 Å². The molecule has 1 rings (SSSR count). The van der Waals surface area contributed by atoms with Gasteiger partial charge in [-0.3, -0.25) is 4.79 Å². The fourth-order valence-corrected chi connectivity index (χ4v) is 1.19. The average Bonchev–Trinajstić information content (AvgIpc) is 2.25. The number of hydrogen-bond acceptors (Lipinski definition) is 4. The smallest absolute Gasteiger partial charge is 0.198 e. The van der Waals surface area contributed by atoms with E-state index in [0.717, 1.165) is 0 Å². The van der Waals surface area contributed by atoms with E-state index in [-0.39, 0.29) is 17.9 Å². The second-order valence-corrected chi connectivity index (χ2v) is 4.58. The number of aromatic nitrogens is 1. The van der Waals surface area contributed by atoms with E-state index in [2.05, 4.69) is 10.3 Å². The summed E-state index contributed by atoms with van der Waals surface area (Å²) in [6.45, 7) is 6.29. The van der Waals surface area contributed by atoms with Crippen LogP contribution in [0.3, 0.4) is 0 Å². The number of rotatable bonds is 4. The molecule has 0 aliphatic carbocycles. The molecule has 0 saturated carbocycles.